The van der Waals surface area contributed by atoms with Crippen LogP contribution in [0.5, 0.6) is 0 Å². The average molecular weight is 1850 g/mol. The number of nitrogens with zero attached hydrogens (tertiary/aromatic N) is 6. The van der Waals surface area contributed by atoms with Crippen molar-refractivity contribution in [3.05, 3.63) is 169 Å². The number of nitrogens with one attached hydrogen (secondary N) is 5. The number of carbonyl (C=O) groups excluding carboxylic acids is 8. The predicted octanol–water partition coefficient (Wildman–Crippen LogP) is 0.758. The van der Waals surface area contributed by atoms with Crippen LogP contribution in [0.4, 0.5) is 43.3 Å². The summed E-state index contributed by atoms with van der Waals surface area (Å²) in [5.41, 5.74) is 6.14. The van der Waals surface area contributed by atoms with Gasteiger partial charge in [0, 0.05) is 28.3 Å². The molecule has 0 aromatic heterocycles. The molecule has 0 radical (unpaired) electrons. The summed E-state index contributed by atoms with van der Waals surface area (Å²) in [7, 11) is -18.0. The van der Waals surface area contributed by atoms with E-state index in [0.29, 0.717) is 52.3 Å². The minimum atomic E-state index is -4.10. The van der Waals surface area contributed by atoms with E-state index in [-0.39, 0.29) is 65.0 Å². The van der Waals surface area contributed by atoms with Crippen molar-refractivity contribution in [2.24, 2.45) is 5.73 Å². The van der Waals surface area contributed by atoms with Crippen molar-refractivity contribution in [1.82, 2.24) is 43.8 Å². The van der Waals surface area contributed by atoms with Gasteiger partial charge in [-0.1, -0.05) is 0 Å². The van der Waals surface area contributed by atoms with E-state index < -0.39 is 161 Å². The van der Waals surface area contributed by atoms with Crippen LogP contribution in [0.2, 0.25) is 0 Å². The van der Waals surface area contributed by atoms with E-state index in [4.69, 9.17) is 63.7 Å². The van der Waals surface area contributed by atoms with Crippen LogP contribution in [-0.4, -0.2) is 265 Å². The first-order valence-electron chi connectivity index (χ1n) is 33.4. The van der Waals surface area contributed by atoms with Gasteiger partial charge in [0.25, 0.3) is 49.1 Å². The summed E-state index contributed by atoms with van der Waals surface area (Å²) in [4.78, 5) is 111. The number of anilines is 2. The summed E-state index contributed by atoms with van der Waals surface area (Å²) in [5, 5.41) is 26.1. The van der Waals surface area contributed by atoms with Gasteiger partial charge in [-0.15, -0.1) is 11.6 Å². The molecule has 9 saturated heterocycles. The molecule has 0 bridgehead atoms. The number of carbonyl (C=O) groups is 10. The molecule has 0 atom stereocenters. The topological polar surface area (TPSA) is 559 Å². The monoisotopic (exact) mass is 1850 g/mol. The molecule has 9 fully saturated rings. The van der Waals surface area contributed by atoms with Crippen molar-refractivity contribution in [2.45, 2.75) is 40.9 Å². The fourth-order valence-electron chi connectivity index (χ4n) is 10.1. The molecule has 2 spiro atoms. The first-order valence-corrected chi connectivity index (χ1v) is 44.3. The number of hydrogen-bond donors (Lipinski definition) is 8. The number of benzene rings is 6. The summed E-state index contributed by atoms with van der Waals surface area (Å²) in [6.45, 7) is 4.05. The van der Waals surface area contributed by atoms with Crippen LogP contribution in [-0.2, 0) is 111 Å². The Labute approximate surface area is 689 Å². The summed E-state index contributed by atoms with van der Waals surface area (Å²) in [6.07, 6.45) is 1.08. The number of hydrogen-bond acceptors (Lipinski definition) is 31. The van der Waals surface area contributed by atoms with Gasteiger partial charge in [-0.25, -0.2) is 99.7 Å². The van der Waals surface area contributed by atoms with Gasteiger partial charge >= 0.3 is 30.0 Å². The lowest BCUT2D eigenvalue weighted by Gasteiger charge is -2.47. The number of amides is 10. The highest BCUT2D eigenvalue weighted by Crippen LogP contribution is 2.35. The third-order valence-corrected chi connectivity index (χ3v) is 26.2. The number of sulfone groups is 1. The maximum atomic E-state index is 12.7. The summed E-state index contributed by atoms with van der Waals surface area (Å²) >= 11 is 9.47. The molecule has 40 nitrogen and oxygen atoms in total. The van der Waals surface area contributed by atoms with Gasteiger partial charge in [0.05, 0.1) is 102 Å². The SMILES string of the molecule is C1COC2(CNC2)O1.CS(=O)(=O)c1ccc(F)cc1.NCC(=O)O.O=C(O)CCl.O=C1CN(S(=O)(=O)c2ccc(F)cc2)C(=O)N1.O=C1CN(S(=O)(=O)c2ccc(F)cc2)C(=S)N1.O=C1CN(S(=O)(=O)c2ccc(N3CC4(C3)OCCO4)cc2)C(=O)N1.O=C1CN(c2ccc(S(=O)(=O)N3CC(=O)NC3=O)cc2)C1.O=S(=O)(Cl)c1ccc(F)cc1. The van der Waals surface area contributed by atoms with Gasteiger partial charge in [0.1, 0.15) is 55.3 Å². The second-order valence-electron chi connectivity index (χ2n) is 24.7. The highest BCUT2D eigenvalue weighted by Gasteiger charge is 2.49. The number of aliphatic carboxylic acids is 2. The molecule has 10 amide bonds. The number of nitrogens with two attached hydrogens (primary N) is 1. The highest BCUT2D eigenvalue weighted by molar-refractivity contribution is 8.13. The van der Waals surface area contributed by atoms with Crippen LogP contribution >= 0.6 is 34.5 Å². The highest BCUT2D eigenvalue weighted by atomic mass is 35.7. The zero-order chi connectivity index (χ0) is 88.4. The van der Waals surface area contributed by atoms with Crippen LogP contribution in [0.3, 0.4) is 0 Å². The van der Waals surface area contributed by atoms with Gasteiger partial charge in [-0.05, 0) is 158 Å². The number of imide groups is 3. The van der Waals surface area contributed by atoms with E-state index in [2.05, 4.69) is 16.4 Å². The normalized spacial score (nSPS) is 17.5. The molecule has 0 aliphatic carbocycles. The maximum Gasteiger partial charge on any atom is 0.338 e. The lowest BCUT2D eigenvalue weighted by Crippen LogP contribution is -2.62. The minimum absolute atomic E-state index is 0.0419. The number of Topliss-reactive ketones (excluding diaryl/α,β-unsaturated/α-hetero) is 1. The van der Waals surface area contributed by atoms with Crippen molar-refractivity contribution in [1.29, 1.82) is 0 Å². The Morgan fingerprint density at radius 3 is 0.933 bits per heavy atom. The molecule has 644 valence electrons. The third kappa shape index (κ3) is 26.2. The number of carboxylic acid groups (broad SMARTS) is 2. The lowest BCUT2D eigenvalue weighted by atomic mass is 10.1. The number of ether oxygens (including phenoxy) is 4. The van der Waals surface area contributed by atoms with E-state index in [1.165, 1.54) is 36.4 Å². The van der Waals surface area contributed by atoms with Crippen molar-refractivity contribution < 1.29 is 145 Å². The molecule has 6 aromatic carbocycles. The predicted molar refractivity (Wildman–Crippen MR) is 408 cm³/mol. The Kier molecular flexibility index (Phi) is 32.5. The van der Waals surface area contributed by atoms with E-state index in [0.717, 1.165) is 133 Å². The molecule has 15 rings (SSSR count). The molecule has 119 heavy (non-hydrogen) atoms. The zero-order valence-corrected chi connectivity index (χ0v) is 68.3. The standard InChI is InChI=1S/C14H15N3O6S.C12H11N3O5S.C9H7FN2O4S.C9H7FN2O3S2.C7H7FO2S.C6H4ClFO2S.C5H9NO2.C2H3ClO2.C2H5NO2/c18-12-7-17(13(19)15-12)24(20,21)11-3-1-10(2-4-11)16-8-14(9-16)22-5-6-23-14;16-9-5-14(6-9)8-1-3-10(4-2-8)21(19,20)15-7-11(17)13-12(15)18;10-6-1-3-7(4-2-6)17(15,16)12-5-8(13)11-9(12)14;10-6-1-3-7(4-2-6)17(14,15)12-5-8(13)11-9(12)16;1-11(9,10)7-4-2-6(8)3-5-7;7-11(9,10)6-3-1-5(8)2-4-6;1-2-8-5(7-1)3-6-4-5;2*3-1-2(4)5/h1-4H,5-9H2,(H,15,18,19);1-4H,5-7H2,(H,13,17,18);1-4H,5H2,(H,11,13,14);1-4H,5H2,(H,11,13,16);2-5H,1H3;1-4H;6H,1-4H2;1H2,(H,4,5);1,3H2,(H,4,5). The summed E-state index contributed by atoms with van der Waals surface area (Å²) in [6, 6.07) is 26.4. The van der Waals surface area contributed by atoms with Crippen LogP contribution < -0.4 is 42.1 Å². The summed E-state index contributed by atoms with van der Waals surface area (Å²) < 4.78 is 214. The summed E-state index contributed by atoms with van der Waals surface area (Å²) in [5.74, 6) is -7.38. The lowest BCUT2D eigenvalue weighted by molar-refractivity contribution is -0.186. The molecule has 53 heteroatoms. The molecule has 0 saturated carbocycles. The quantitative estimate of drug-likeness (QED) is 0.0186. The molecule has 9 heterocycles. The minimum Gasteiger partial charge on any atom is -0.480 e. The van der Waals surface area contributed by atoms with Gasteiger partial charge in [0.2, 0.25) is 29.4 Å². The second-order valence-corrected chi connectivity index (χ2v) is 37.4. The van der Waals surface area contributed by atoms with Crippen molar-refractivity contribution >= 4 is 169 Å². The maximum absolute atomic E-state index is 12.7. The molecule has 9 aliphatic heterocycles. The van der Waals surface area contributed by atoms with Crippen LogP contribution in [0.1, 0.15) is 0 Å². The first-order chi connectivity index (χ1) is 55.5. The Balaban J connectivity index is 0.000000192. The largest absolute Gasteiger partial charge is 0.480 e. The van der Waals surface area contributed by atoms with Crippen LogP contribution in [0, 0.1) is 23.3 Å². The number of urea groups is 3. The third-order valence-electron chi connectivity index (χ3n) is 16.1. The number of carboxylic acids is 2. The fourth-order valence-corrected chi connectivity index (χ4v) is 17.1. The van der Waals surface area contributed by atoms with Crippen molar-refractivity contribution in [3.8, 4) is 0 Å². The number of thiocarbonyl (C=S) groups is 1. The van der Waals surface area contributed by atoms with Crippen LogP contribution in [0.25, 0.3) is 0 Å². The Hall–Kier alpha value is -10.5. The van der Waals surface area contributed by atoms with Gasteiger partial charge in [-0.3, -0.25) is 49.5 Å². The van der Waals surface area contributed by atoms with Gasteiger partial charge in [-0.2, -0.15) is 0 Å². The smallest absolute Gasteiger partial charge is 0.338 e. The van der Waals surface area contributed by atoms with Gasteiger partial charge in [0.15, 0.2) is 26.5 Å². The number of rotatable bonds is 14. The Bertz CT molecular complexity index is 5330. The number of ketones is 1. The molecular weight excluding hydrogens is 1780 g/mol. The van der Waals surface area contributed by atoms with Crippen LogP contribution in [0.15, 0.2) is 175 Å². The number of sulfonamides is 4. The molecular formula is C66H68Cl2F4N12O28S7. The molecule has 9 N–H and O–H groups in total. The first kappa shape index (κ1) is 95.6. The Morgan fingerprint density at radius 1 is 0.429 bits per heavy atom. The molecule has 6 aromatic rings. The van der Waals surface area contributed by atoms with Crippen molar-refractivity contribution in [3.63, 3.8) is 0 Å². The Morgan fingerprint density at radius 2 is 0.697 bits per heavy atom. The van der Waals surface area contributed by atoms with E-state index in [1.54, 1.807) is 29.2 Å². The molecule has 0 unspecified atom stereocenters. The zero-order valence-electron chi connectivity index (χ0n) is 61.1. The molecule has 9 aliphatic rings. The van der Waals surface area contributed by atoms with E-state index in [1.807, 2.05) is 20.9 Å². The number of alkyl halides is 1. The number of halogens is 6. The van der Waals surface area contributed by atoms with E-state index >= 15 is 0 Å². The van der Waals surface area contributed by atoms with E-state index in [9.17, 15) is 116 Å². The van der Waals surface area contributed by atoms with Gasteiger partial charge < -0.3 is 55.3 Å². The van der Waals surface area contributed by atoms with Crippen molar-refractivity contribution in [2.75, 3.05) is 120 Å². The average Bonchev–Trinajstić information content (AvgIpc) is 1.71. The fraction of sp³-hybridized carbons (Fsp3) is 0.288. The second kappa shape index (κ2) is 40.5.